The van der Waals surface area contributed by atoms with Crippen LogP contribution in [0.3, 0.4) is 0 Å². The van der Waals surface area contributed by atoms with E-state index in [0.29, 0.717) is 11.4 Å². The van der Waals surface area contributed by atoms with Gasteiger partial charge in [-0.1, -0.05) is 0 Å². The Bertz CT molecular complexity index is 1180. The summed E-state index contributed by atoms with van der Waals surface area (Å²) < 4.78 is 0. The number of hydrogen-bond acceptors (Lipinski definition) is 9. The highest BCUT2D eigenvalue weighted by molar-refractivity contribution is 7.19. The third kappa shape index (κ3) is 3.80. The number of likely N-dealkylation sites (N-methyl/N-ethyl adjacent to an activating group) is 1. The van der Waals surface area contributed by atoms with E-state index in [-0.39, 0.29) is 11.8 Å². The first-order valence-corrected chi connectivity index (χ1v) is 11.6. The molecule has 166 valence electrons. The molecule has 9 nitrogen and oxygen atoms in total. The second kappa shape index (κ2) is 8.44. The topological polar surface area (TPSA) is 124 Å². The van der Waals surface area contributed by atoms with Gasteiger partial charge in [-0.25, -0.2) is 15.0 Å². The summed E-state index contributed by atoms with van der Waals surface area (Å²) in [5, 5.41) is 11.8. The summed E-state index contributed by atoms with van der Waals surface area (Å²) in [6.45, 7) is 3.52. The van der Waals surface area contributed by atoms with E-state index in [9.17, 15) is 4.79 Å². The number of piperazine rings is 1. The normalized spacial score (nSPS) is 19.0. The van der Waals surface area contributed by atoms with Gasteiger partial charge >= 0.3 is 0 Å². The molecule has 4 N–H and O–H groups in total. The van der Waals surface area contributed by atoms with E-state index in [4.69, 9.17) is 11.1 Å². The minimum Gasteiger partial charge on any atom is -0.383 e. The van der Waals surface area contributed by atoms with E-state index in [1.807, 2.05) is 4.90 Å². The van der Waals surface area contributed by atoms with Crippen LogP contribution in [0.5, 0.6) is 0 Å². The molecule has 0 aromatic carbocycles. The fourth-order valence-corrected chi connectivity index (χ4v) is 5.78. The van der Waals surface area contributed by atoms with Gasteiger partial charge in [0.25, 0.3) is 0 Å². The zero-order chi connectivity index (χ0) is 22.2. The lowest BCUT2D eigenvalue weighted by molar-refractivity contribution is -0.137. The number of thiophene rings is 1. The number of nitrogen functional groups attached to an aromatic ring is 1. The van der Waals surface area contributed by atoms with Crippen molar-refractivity contribution in [1.29, 1.82) is 5.41 Å². The summed E-state index contributed by atoms with van der Waals surface area (Å²) in [4.78, 5) is 32.7. The molecule has 3 aromatic rings. The summed E-state index contributed by atoms with van der Waals surface area (Å²) in [6.07, 6.45) is 6.84. The van der Waals surface area contributed by atoms with Gasteiger partial charge in [0.05, 0.1) is 17.3 Å². The van der Waals surface area contributed by atoms with Crippen molar-refractivity contribution in [2.24, 2.45) is 5.92 Å². The lowest BCUT2D eigenvalue weighted by Gasteiger charge is -2.35. The van der Waals surface area contributed by atoms with E-state index in [0.717, 1.165) is 67.2 Å². The van der Waals surface area contributed by atoms with E-state index < -0.39 is 0 Å². The number of carbonyl (C=O) groups excluding carboxylic acids is 1. The van der Waals surface area contributed by atoms with Crippen LogP contribution in [-0.2, 0) is 17.6 Å². The Morgan fingerprint density at radius 1 is 1.28 bits per heavy atom. The first-order valence-electron chi connectivity index (χ1n) is 10.8. The van der Waals surface area contributed by atoms with Crippen molar-refractivity contribution in [1.82, 2.24) is 24.8 Å². The fourth-order valence-electron chi connectivity index (χ4n) is 4.51. The van der Waals surface area contributed by atoms with Crippen LogP contribution in [-0.4, -0.2) is 70.1 Å². The van der Waals surface area contributed by atoms with Crippen molar-refractivity contribution in [3.8, 4) is 0 Å². The van der Waals surface area contributed by atoms with Crippen molar-refractivity contribution < 1.29 is 4.79 Å². The molecule has 1 atom stereocenters. The Balaban J connectivity index is 1.40. The summed E-state index contributed by atoms with van der Waals surface area (Å²) in [5.41, 5.74) is 8.32. The second-order valence-corrected chi connectivity index (χ2v) is 9.53. The Labute approximate surface area is 190 Å². The Kier molecular flexibility index (Phi) is 5.48. The third-order valence-corrected chi connectivity index (χ3v) is 7.54. The molecule has 32 heavy (non-hydrogen) atoms. The van der Waals surface area contributed by atoms with Crippen molar-refractivity contribution in [3.63, 3.8) is 0 Å². The highest BCUT2D eigenvalue weighted by Gasteiger charge is 2.32. The number of pyridine rings is 1. The zero-order valence-corrected chi connectivity index (χ0v) is 18.8. The molecule has 0 saturated carbocycles. The van der Waals surface area contributed by atoms with Gasteiger partial charge in [-0.3, -0.25) is 4.79 Å². The third-order valence-electron chi connectivity index (χ3n) is 6.38. The number of nitrogens with zero attached hydrogens (tertiary/aromatic N) is 5. The summed E-state index contributed by atoms with van der Waals surface area (Å²) in [5.74, 6) is 1.37. The number of rotatable bonds is 4. The molecule has 0 spiro atoms. The smallest absolute Gasteiger partial charge is 0.226 e. The average Bonchev–Trinajstić information content (AvgIpc) is 3.19. The molecule has 0 unspecified atom stereocenters. The van der Waals surface area contributed by atoms with Gasteiger partial charge in [0.2, 0.25) is 5.91 Å². The maximum Gasteiger partial charge on any atom is 0.226 e. The molecule has 10 heteroatoms. The molecule has 1 aliphatic heterocycles. The molecular weight excluding hydrogens is 424 g/mol. The van der Waals surface area contributed by atoms with Crippen molar-refractivity contribution >= 4 is 51.0 Å². The van der Waals surface area contributed by atoms with Crippen LogP contribution in [0.2, 0.25) is 0 Å². The average molecular weight is 451 g/mol. The maximum atomic E-state index is 13.1. The lowest BCUT2D eigenvalue weighted by Crippen LogP contribution is -2.49. The van der Waals surface area contributed by atoms with Crippen LogP contribution in [0.15, 0.2) is 18.6 Å². The number of fused-ring (bicyclic) bond motifs is 3. The molecule has 4 heterocycles. The molecule has 1 saturated heterocycles. The molecule has 1 aliphatic carbocycles. The van der Waals surface area contributed by atoms with Gasteiger partial charge in [-0.15, -0.1) is 11.3 Å². The standard InChI is InChI=1S/C22H26N8OS/c1-29-4-6-30(7-5-29)22(31)13-2-3-16-17(9-13)32-21-18(16)20(26-12-27-21)28-15-8-14(10-23)19(24)25-11-15/h8,10-13,23H,2-7,9H2,1H3,(H2,24,25)(H,26,27,28)/t13-/m0/s1. The van der Waals surface area contributed by atoms with Gasteiger partial charge in [-0.05, 0) is 37.9 Å². The predicted octanol–water partition coefficient (Wildman–Crippen LogP) is 2.29. The number of amides is 1. The maximum absolute atomic E-state index is 13.1. The molecule has 0 radical (unpaired) electrons. The lowest BCUT2D eigenvalue weighted by atomic mass is 9.86. The van der Waals surface area contributed by atoms with E-state index in [1.54, 1.807) is 29.9 Å². The molecule has 3 aromatic heterocycles. The van der Waals surface area contributed by atoms with Crippen molar-refractivity contribution in [3.05, 3.63) is 34.6 Å². The monoisotopic (exact) mass is 450 g/mol. The van der Waals surface area contributed by atoms with Gasteiger partial charge < -0.3 is 26.3 Å². The number of aryl methyl sites for hydroxylation is 1. The number of hydrogen-bond donors (Lipinski definition) is 3. The zero-order valence-electron chi connectivity index (χ0n) is 18.0. The molecule has 5 rings (SSSR count). The van der Waals surface area contributed by atoms with Crippen LogP contribution in [0.4, 0.5) is 17.3 Å². The molecular formula is C22H26N8OS. The highest BCUT2D eigenvalue weighted by Crippen LogP contribution is 2.40. The highest BCUT2D eigenvalue weighted by atomic mass is 32.1. The van der Waals surface area contributed by atoms with Crippen molar-refractivity contribution in [2.45, 2.75) is 19.3 Å². The first kappa shape index (κ1) is 20.8. The summed E-state index contributed by atoms with van der Waals surface area (Å²) >= 11 is 1.66. The van der Waals surface area contributed by atoms with Crippen LogP contribution in [0.25, 0.3) is 10.2 Å². The van der Waals surface area contributed by atoms with E-state index in [2.05, 4.69) is 32.2 Å². The van der Waals surface area contributed by atoms with Gasteiger partial charge in [0.15, 0.2) is 0 Å². The first-order chi connectivity index (χ1) is 15.5. The number of nitrogens with one attached hydrogen (secondary N) is 2. The minimum atomic E-state index is 0.0415. The van der Waals surface area contributed by atoms with E-state index >= 15 is 0 Å². The second-order valence-electron chi connectivity index (χ2n) is 8.44. The Hall–Kier alpha value is -3.11. The van der Waals surface area contributed by atoms with E-state index in [1.165, 1.54) is 16.7 Å². The van der Waals surface area contributed by atoms with Gasteiger partial charge in [-0.2, -0.15) is 0 Å². The van der Waals surface area contributed by atoms with Gasteiger partial charge in [0.1, 0.15) is 22.8 Å². The van der Waals surface area contributed by atoms with Crippen LogP contribution in [0, 0.1) is 11.3 Å². The number of anilines is 3. The Morgan fingerprint density at radius 2 is 2.09 bits per heavy atom. The number of nitrogens with two attached hydrogens (primary N) is 1. The summed E-state index contributed by atoms with van der Waals surface area (Å²) in [7, 11) is 2.10. The molecule has 1 amide bonds. The van der Waals surface area contributed by atoms with Crippen LogP contribution in [0.1, 0.15) is 22.4 Å². The number of aromatic nitrogens is 3. The minimum absolute atomic E-state index is 0.0415. The van der Waals surface area contributed by atoms with Crippen LogP contribution >= 0.6 is 11.3 Å². The van der Waals surface area contributed by atoms with Crippen molar-refractivity contribution in [2.75, 3.05) is 44.3 Å². The number of carbonyl (C=O) groups is 1. The Morgan fingerprint density at radius 3 is 2.88 bits per heavy atom. The van der Waals surface area contributed by atoms with Gasteiger partial charge in [0, 0.05) is 48.8 Å². The molecule has 0 bridgehead atoms. The molecule has 2 aliphatic rings. The fraction of sp³-hybridized carbons (Fsp3) is 0.409. The molecule has 1 fully saturated rings. The SMILES string of the molecule is CN1CCN(C(=O)[C@H]2CCc3c(sc4ncnc(Nc5cnc(N)c(C=N)c5)c34)C2)CC1. The summed E-state index contributed by atoms with van der Waals surface area (Å²) in [6, 6.07) is 1.78. The predicted molar refractivity (Wildman–Crippen MR) is 127 cm³/mol. The van der Waals surface area contributed by atoms with Crippen LogP contribution < -0.4 is 11.1 Å². The largest absolute Gasteiger partial charge is 0.383 e. The quantitative estimate of drug-likeness (QED) is 0.521.